The molecule has 0 N–H and O–H groups in total. The molecule has 1 heteroatoms. The summed E-state index contributed by atoms with van der Waals surface area (Å²) in [7, 11) is 0. The van der Waals surface area contributed by atoms with Crippen molar-refractivity contribution in [2.45, 2.75) is 73.1 Å². The summed E-state index contributed by atoms with van der Waals surface area (Å²) in [5, 5.41) is 0. The molecule has 2 aliphatic carbocycles. The van der Waals surface area contributed by atoms with E-state index >= 15 is 0 Å². The fraction of sp³-hybridized carbons (Fsp3) is 0.169. The van der Waals surface area contributed by atoms with Gasteiger partial charge in [-0.3, -0.25) is 0 Å². The first-order chi connectivity index (χ1) is 31.8. The Morgan fingerprint density at radius 3 is 1.67 bits per heavy atom. The van der Waals surface area contributed by atoms with Crippen molar-refractivity contribution in [3.63, 3.8) is 0 Å². The Morgan fingerprint density at radius 2 is 1.03 bits per heavy atom. The van der Waals surface area contributed by atoms with Crippen molar-refractivity contribution in [1.29, 1.82) is 0 Å². The Hall–Kier alpha value is -7.22. The average Bonchev–Trinajstić information content (AvgIpc) is 3.65. The number of allylic oxidation sites excluding steroid dienone is 10. The zero-order chi connectivity index (χ0) is 46.5. The molecule has 0 radical (unpaired) electrons. The first-order valence-corrected chi connectivity index (χ1v) is 23.4. The molecule has 0 atom stereocenters. The van der Waals surface area contributed by atoms with Crippen LogP contribution < -0.4 is 4.90 Å². The molecule has 66 heavy (non-hydrogen) atoms. The normalized spacial score (nSPS) is 15.0. The van der Waals surface area contributed by atoms with Crippen molar-refractivity contribution in [2.24, 2.45) is 0 Å². The topological polar surface area (TPSA) is 3.24 Å². The predicted molar refractivity (Wildman–Crippen MR) is 287 cm³/mol. The maximum absolute atomic E-state index is 4.41. The number of rotatable bonds is 11. The molecule has 7 aromatic rings. The van der Waals surface area contributed by atoms with E-state index in [4.69, 9.17) is 0 Å². The molecule has 0 aromatic heterocycles. The van der Waals surface area contributed by atoms with Gasteiger partial charge in [-0.2, -0.15) is 0 Å². The monoisotopic (exact) mass is 855 g/mol. The van der Waals surface area contributed by atoms with Crippen LogP contribution in [0.15, 0.2) is 206 Å². The number of nitrogens with zero attached hydrogens (tertiary/aromatic N) is 1. The lowest BCUT2D eigenvalue weighted by Crippen LogP contribution is -2.19. The zero-order valence-corrected chi connectivity index (χ0v) is 40.2. The zero-order valence-electron chi connectivity index (χ0n) is 40.2. The second-order valence-electron chi connectivity index (χ2n) is 19.1. The van der Waals surface area contributed by atoms with Crippen molar-refractivity contribution in [1.82, 2.24) is 0 Å². The van der Waals surface area contributed by atoms with Crippen LogP contribution in [0.4, 0.5) is 17.1 Å². The number of anilines is 3. The van der Waals surface area contributed by atoms with Gasteiger partial charge in [-0.25, -0.2) is 0 Å². The van der Waals surface area contributed by atoms with Crippen LogP contribution in [0.25, 0.3) is 50.1 Å². The molecule has 0 aliphatic heterocycles. The van der Waals surface area contributed by atoms with Gasteiger partial charge in [0, 0.05) is 27.9 Å². The third-order valence-corrected chi connectivity index (χ3v) is 14.6. The van der Waals surface area contributed by atoms with Crippen LogP contribution in [0.2, 0.25) is 0 Å². The van der Waals surface area contributed by atoms with Gasteiger partial charge in [0.25, 0.3) is 0 Å². The van der Waals surface area contributed by atoms with Crippen molar-refractivity contribution in [2.75, 3.05) is 4.90 Å². The van der Waals surface area contributed by atoms with Gasteiger partial charge in [0.1, 0.15) is 0 Å². The van der Waals surface area contributed by atoms with Gasteiger partial charge >= 0.3 is 0 Å². The molecule has 326 valence electrons. The highest BCUT2D eigenvalue weighted by Gasteiger charge is 2.38. The SMILES string of the molecule is C=CC1=C(/C=C\C)c2ccc(N(c3ccc(-c4ccccc4)cc3)c3ccc4c(c3)C(C)(C)C(/C=C(\C=C)c3cccc(-c5cccc(-c6ccccc6C)c5C)c3C)=C4C)cc2C1(C)C. The lowest BCUT2D eigenvalue weighted by atomic mass is 9.79. The van der Waals surface area contributed by atoms with Gasteiger partial charge in [-0.15, -0.1) is 0 Å². The standard InChI is InChI=1S/C65H61N/c1-12-22-58-59-38-36-51(41-63(59)64(8,9)60(58)14-3)66(49-33-31-48(32-34-49)47-24-16-15-17-25-47)50-35-37-57-45(7)61(65(10,11)62(57)40-50)39-46(13-2)53-27-20-29-55(43(53)5)56-30-21-28-54(44(56)6)52-26-19-18-23-42(52)4/h12-41H,2-3H2,1,4-11H3/b22-12-,46-39+. The van der Waals surface area contributed by atoms with Crippen molar-refractivity contribution in [3.05, 3.63) is 251 Å². The van der Waals surface area contributed by atoms with E-state index in [-0.39, 0.29) is 10.8 Å². The third-order valence-electron chi connectivity index (χ3n) is 14.6. The second kappa shape index (κ2) is 17.3. The summed E-state index contributed by atoms with van der Waals surface area (Å²) in [5.41, 5.74) is 26.8. The summed E-state index contributed by atoms with van der Waals surface area (Å²) in [6.07, 6.45) is 10.9. The van der Waals surface area contributed by atoms with Crippen molar-refractivity contribution >= 4 is 33.8 Å². The predicted octanol–water partition coefficient (Wildman–Crippen LogP) is 18.2. The summed E-state index contributed by atoms with van der Waals surface area (Å²) in [6, 6.07) is 55.9. The van der Waals surface area contributed by atoms with E-state index < -0.39 is 0 Å². The van der Waals surface area contributed by atoms with E-state index in [0.717, 1.165) is 22.6 Å². The number of benzene rings is 7. The summed E-state index contributed by atoms with van der Waals surface area (Å²) in [5.74, 6) is 0. The molecule has 0 saturated heterocycles. The van der Waals surface area contributed by atoms with Crippen molar-refractivity contribution in [3.8, 4) is 33.4 Å². The Kier molecular flexibility index (Phi) is 11.5. The lowest BCUT2D eigenvalue weighted by molar-refractivity contribution is 0.654. The van der Waals surface area contributed by atoms with E-state index in [1.807, 2.05) is 12.2 Å². The fourth-order valence-corrected chi connectivity index (χ4v) is 10.9. The first kappa shape index (κ1) is 44.0. The molecule has 0 fully saturated rings. The summed E-state index contributed by atoms with van der Waals surface area (Å²) in [4.78, 5) is 2.44. The maximum Gasteiger partial charge on any atom is 0.0465 e. The molecular weight excluding hydrogens is 795 g/mol. The Bertz CT molecular complexity index is 3190. The number of aryl methyl sites for hydroxylation is 1. The Balaban J connectivity index is 1.12. The Morgan fingerprint density at radius 1 is 0.500 bits per heavy atom. The highest BCUT2D eigenvalue weighted by molar-refractivity contribution is 5.93. The van der Waals surface area contributed by atoms with Crippen LogP contribution in [0.3, 0.4) is 0 Å². The minimum atomic E-state index is -0.277. The smallest absolute Gasteiger partial charge is 0.0465 e. The van der Waals surface area contributed by atoms with Gasteiger partial charge in [-0.1, -0.05) is 180 Å². The van der Waals surface area contributed by atoms with E-state index in [1.54, 1.807) is 0 Å². The van der Waals surface area contributed by atoms with Crippen LogP contribution in [0, 0.1) is 20.8 Å². The molecule has 0 unspecified atom stereocenters. The highest BCUT2D eigenvalue weighted by Crippen LogP contribution is 2.52. The van der Waals surface area contributed by atoms with E-state index in [9.17, 15) is 0 Å². The van der Waals surface area contributed by atoms with Crippen LogP contribution >= 0.6 is 0 Å². The molecule has 0 spiro atoms. The minimum absolute atomic E-state index is 0.197. The molecule has 7 aromatic carbocycles. The third kappa shape index (κ3) is 7.37. The molecule has 9 rings (SSSR count). The number of hydrogen-bond donors (Lipinski definition) is 0. The minimum Gasteiger partial charge on any atom is -0.310 e. The molecule has 0 amide bonds. The Labute approximate surface area is 394 Å². The van der Waals surface area contributed by atoms with Crippen LogP contribution in [-0.2, 0) is 10.8 Å². The van der Waals surface area contributed by atoms with Gasteiger partial charge in [0.05, 0.1) is 0 Å². The van der Waals surface area contributed by atoms with Crippen LogP contribution in [0.1, 0.15) is 86.1 Å². The van der Waals surface area contributed by atoms with Gasteiger partial charge in [0.15, 0.2) is 0 Å². The largest absolute Gasteiger partial charge is 0.310 e. The van der Waals surface area contributed by atoms with Crippen molar-refractivity contribution < 1.29 is 0 Å². The maximum atomic E-state index is 4.41. The summed E-state index contributed by atoms with van der Waals surface area (Å²) in [6.45, 7) is 29.2. The number of fused-ring (bicyclic) bond motifs is 2. The quantitative estimate of drug-likeness (QED) is 0.117. The molecule has 0 saturated carbocycles. The van der Waals surface area contributed by atoms with Gasteiger partial charge < -0.3 is 4.90 Å². The van der Waals surface area contributed by atoms with Gasteiger partial charge in [0.2, 0.25) is 0 Å². The summed E-state index contributed by atoms with van der Waals surface area (Å²) < 4.78 is 0. The van der Waals surface area contributed by atoms with E-state index in [0.29, 0.717) is 0 Å². The molecule has 0 heterocycles. The first-order valence-electron chi connectivity index (χ1n) is 23.4. The highest BCUT2D eigenvalue weighted by atomic mass is 15.1. The molecular formula is C65H61N. The van der Waals surface area contributed by atoms with Crippen LogP contribution in [-0.4, -0.2) is 0 Å². The lowest BCUT2D eigenvalue weighted by Gasteiger charge is -2.30. The van der Waals surface area contributed by atoms with Gasteiger partial charge in [-0.05, 0) is 183 Å². The molecule has 2 aliphatic rings. The molecule has 0 bridgehead atoms. The number of hydrogen-bond acceptors (Lipinski definition) is 1. The molecule has 1 nitrogen and oxygen atoms in total. The fourth-order valence-electron chi connectivity index (χ4n) is 10.9. The van der Waals surface area contributed by atoms with Crippen LogP contribution in [0.5, 0.6) is 0 Å². The second-order valence-corrected chi connectivity index (χ2v) is 19.1. The summed E-state index contributed by atoms with van der Waals surface area (Å²) >= 11 is 0. The van der Waals surface area contributed by atoms with E-state index in [2.05, 4.69) is 250 Å². The average molecular weight is 856 g/mol. The van der Waals surface area contributed by atoms with E-state index in [1.165, 1.54) is 100 Å².